The molecule has 33 heavy (non-hydrogen) atoms. The van der Waals surface area contributed by atoms with Crippen LogP contribution in [0.2, 0.25) is 5.02 Å². The third-order valence-corrected chi connectivity index (χ3v) is 7.20. The minimum atomic E-state index is -0.647. The molecule has 2 aromatic rings. The van der Waals surface area contributed by atoms with Crippen molar-refractivity contribution in [3.05, 3.63) is 69.7 Å². The van der Waals surface area contributed by atoms with Gasteiger partial charge in [0.15, 0.2) is 5.78 Å². The molecule has 0 spiro atoms. The second kappa shape index (κ2) is 9.10. The van der Waals surface area contributed by atoms with Crippen LogP contribution < -0.4 is 0 Å². The maximum Gasteiger partial charge on any atom is 0.274 e. The summed E-state index contributed by atoms with van der Waals surface area (Å²) in [7, 11) is 0. The standard InChI is InChI=1S/C26H27ClN2O4/c1-15-8-11-19-21(12-15)26(33)29(25(19)32)28(24(31)20-6-4-5-7-22(20)27)14-23(30)18-10-9-16(2)17(3)13-18/h4-7,9-10,13,15,19,21H,8,11-12,14H2,1-3H3/t15-,19+,21-/m0/s1. The van der Waals surface area contributed by atoms with Crippen LogP contribution in [0.3, 0.4) is 0 Å². The molecule has 0 N–H and O–H groups in total. The number of imide groups is 1. The number of carbonyl (C=O) groups excluding carboxylic acids is 4. The van der Waals surface area contributed by atoms with Gasteiger partial charge in [-0.2, -0.15) is 5.01 Å². The number of Topliss-reactive ketones (excluding diaryl/α,β-unsaturated/α-hetero) is 1. The zero-order chi connectivity index (χ0) is 23.9. The molecule has 6 nitrogen and oxygen atoms in total. The Labute approximate surface area is 198 Å². The van der Waals surface area contributed by atoms with E-state index in [2.05, 4.69) is 6.92 Å². The van der Waals surface area contributed by atoms with Gasteiger partial charge >= 0.3 is 0 Å². The summed E-state index contributed by atoms with van der Waals surface area (Å²) < 4.78 is 0. The van der Waals surface area contributed by atoms with Gasteiger partial charge < -0.3 is 0 Å². The molecular weight excluding hydrogens is 440 g/mol. The number of hydrogen-bond donors (Lipinski definition) is 0. The van der Waals surface area contributed by atoms with Crippen LogP contribution >= 0.6 is 11.6 Å². The van der Waals surface area contributed by atoms with E-state index < -0.39 is 36.1 Å². The lowest BCUT2D eigenvalue weighted by Gasteiger charge is -2.30. The maximum atomic E-state index is 13.5. The zero-order valence-electron chi connectivity index (χ0n) is 19.0. The van der Waals surface area contributed by atoms with E-state index in [0.29, 0.717) is 24.3 Å². The lowest BCUT2D eigenvalue weighted by atomic mass is 9.76. The van der Waals surface area contributed by atoms with Crippen molar-refractivity contribution >= 4 is 35.1 Å². The first kappa shape index (κ1) is 23.2. The molecule has 3 atom stereocenters. The molecule has 0 aromatic heterocycles. The van der Waals surface area contributed by atoms with Crippen LogP contribution in [0.4, 0.5) is 0 Å². The van der Waals surface area contributed by atoms with Crippen molar-refractivity contribution in [3.63, 3.8) is 0 Å². The fraction of sp³-hybridized carbons (Fsp3) is 0.385. The van der Waals surface area contributed by atoms with Crippen LogP contribution in [-0.4, -0.2) is 40.1 Å². The van der Waals surface area contributed by atoms with Gasteiger partial charge in [0, 0.05) is 5.56 Å². The molecule has 172 valence electrons. The first-order valence-electron chi connectivity index (χ1n) is 11.2. The van der Waals surface area contributed by atoms with Gasteiger partial charge in [-0.05, 0) is 68.4 Å². The summed E-state index contributed by atoms with van der Waals surface area (Å²) in [6, 6.07) is 11.7. The number of hydrogen-bond acceptors (Lipinski definition) is 4. The van der Waals surface area contributed by atoms with Crippen LogP contribution in [0.5, 0.6) is 0 Å². The molecule has 7 heteroatoms. The van der Waals surface area contributed by atoms with Crippen LogP contribution in [0.25, 0.3) is 0 Å². The molecule has 0 unspecified atom stereocenters. The first-order chi connectivity index (χ1) is 15.7. The lowest BCUT2D eigenvalue weighted by molar-refractivity contribution is -0.154. The zero-order valence-corrected chi connectivity index (χ0v) is 19.8. The highest BCUT2D eigenvalue weighted by Crippen LogP contribution is 2.41. The summed E-state index contributed by atoms with van der Waals surface area (Å²) >= 11 is 6.25. The summed E-state index contributed by atoms with van der Waals surface area (Å²) in [5.41, 5.74) is 2.54. The Morgan fingerprint density at radius 3 is 2.39 bits per heavy atom. The van der Waals surface area contributed by atoms with Gasteiger partial charge in [0.05, 0.1) is 22.4 Å². The third-order valence-electron chi connectivity index (χ3n) is 6.87. The Balaban J connectivity index is 1.71. The van der Waals surface area contributed by atoms with Gasteiger partial charge in [-0.1, -0.05) is 42.8 Å². The highest BCUT2D eigenvalue weighted by Gasteiger charge is 2.52. The average Bonchev–Trinajstić information content (AvgIpc) is 3.03. The summed E-state index contributed by atoms with van der Waals surface area (Å²) in [6.07, 6.45) is 2.06. The predicted molar refractivity (Wildman–Crippen MR) is 125 cm³/mol. The van der Waals surface area contributed by atoms with E-state index in [1.54, 1.807) is 30.3 Å². The summed E-state index contributed by atoms with van der Waals surface area (Å²) in [5, 5.41) is 2.10. The Bertz CT molecular complexity index is 1140. The molecule has 2 aromatic carbocycles. The van der Waals surface area contributed by atoms with Gasteiger partial charge in [-0.3, -0.25) is 19.2 Å². The Morgan fingerprint density at radius 1 is 1.00 bits per heavy atom. The van der Waals surface area contributed by atoms with Crippen molar-refractivity contribution in [2.45, 2.75) is 40.0 Å². The van der Waals surface area contributed by atoms with Gasteiger partial charge in [0.25, 0.3) is 17.7 Å². The normalized spacial score (nSPS) is 22.3. The highest BCUT2D eigenvalue weighted by atomic mass is 35.5. The molecule has 0 bridgehead atoms. The minimum Gasteiger partial charge on any atom is -0.292 e. The number of ketones is 1. The first-order valence-corrected chi connectivity index (χ1v) is 11.6. The van der Waals surface area contributed by atoms with Crippen LogP contribution in [0.1, 0.15) is 58.0 Å². The fourth-order valence-electron chi connectivity index (χ4n) is 4.76. The van der Waals surface area contributed by atoms with E-state index in [0.717, 1.165) is 27.6 Å². The predicted octanol–water partition coefficient (Wildman–Crippen LogP) is 4.62. The lowest BCUT2D eigenvalue weighted by Crippen LogP contribution is -2.52. The van der Waals surface area contributed by atoms with Crippen LogP contribution in [0, 0.1) is 31.6 Å². The molecule has 1 aliphatic carbocycles. The molecule has 2 aliphatic rings. The molecule has 4 rings (SSSR count). The Hall–Kier alpha value is -2.99. The second-order valence-electron chi connectivity index (χ2n) is 9.18. The minimum absolute atomic E-state index is 0.135. The molecular formula is C26H27ClN2O4. The van der Waals surface area contributed by atoms with Crippen molar-refractivity contribution in [1.29, 1.82) is 0 Å². The van der Waals surface area contributed by atoms with Gasteiger partial charge in [0.2, 0.25) is 0 Å². The number of benzene rings is 2. The van der Waals surface area contributed by atoms with Gasteiger partial charge in [0.1, 0.15) is 6.54 Å². The van der Waals surface area contributed by atoms with E-state index in [1.807, 2.05) is 19.9 Å². The summed E-state index contributed by atoms with van der Waals surface area (Å²) in [6.45, 7) is 5.48. The molecule has 1 heterocycles. The SMILES string of the molecule is Cc1ccc(C(=O)CN(C(=O)c2ccccc2Cl)N2C(=O)[C@H]3C[C@@H](C)CC[C@H]3C2=O)cc1C. The largest absolute Gasteiger partial charge is 0.292 e. The second-order valence-corrected chi connectivity index (χ2v) is 9.59. The van der Waals surface area contributed by atoms with Crippen molar-refractivity contribution in [3.8, 4) is 0 Å². The average molecular weight is 467 g/mol. The molecule has 2 fully saturated rings. The summed E-state index contributed by atoms with van der Waals surface area (Å²) in [5.74, 6) is -2.41. The van der Waals surface area contributed by atoms with E-state index in [1.165, 1.54) is 6.07 Å². The van der Waals surface area contributed by atoms with E-state index in [9.17, 15) is 19.2 Å². The van der Waals surface area contributed by atoms with Crippen LogP contribution in [-0.2, 0) is 9.59 Å². The van der Waals surface area contributed by atoms with Crippen molar-refractivity contribution in [1.82, 2.24) is 10.0 Å². The highest BCUT2D eigenvalue weighted by molar-refractivity contribution is 6.34. The Kier molecular flexibility index (Phi) is 6.39. The van der Waals surface area contributed by atoms with E-state index in [-0.39, 0.29) is 16.4 Å². The summed E-state index contributed by atoms with van der Waals surface area (Å²) in [4.78, 5) is 53.4. The molecule has 1 saturated carbocycles. The number of hydrazine groups is 1. The van der Waals surface area contributed by atoms with Crippen molar-refractivity contribution in [2.24, 2.45) is 17.8 Å². The number of aryl methyl sites for hydroxylation is 2. The number of halogens is 1. The number of nitrogens with zero attached hydrogens (tertiary/aromatic N) is 2. The number of rotatable bonds is 5. The number of fused-ring (bicyclic) bond motifs is 1. The molecule has 1 aliphatic heterocycles. The fourth-order valence-corrected chi connectivity index (χ4v) is 4.98. The third kappa shape index (κ3) is 4.32. The van der Waals surface area contributed by atoms with Crippen molar-refractivity contribution < 1.29 is 19.2 Å². The molecule has 3 amide bonds. The number of carbonyl (C=O) groups is 4. The monoisotopic (exact) mass is 466 g/mol. The number of amides is 3. The maximum absolute atomic E-state index is 13.5. The van der Waals surface area contributed by atoms with E-state index in [4.69, 9.17) is 11.6 Å². The molecule has 0 radical (unpaired) electrons. The smallest absolute Gasteiger partial charge is 0.274 e. The molecule has 1 saturated heterocycles. The van der Waals surface area contributed by atoms with Gasteiger partial charge in [-0.15, -0.1) is 0 Å². The quantitative estimate of drug-likeness (QED) is 0.476. The van der Waals surface area contributed by atoms with Crippen LogP contribution in [0.15, 0.2) is 42.5 Å². The van der Waals surface area contributed by atoms with E-state index >= 15 is 0 Å². The van der Waals surface area contributed by atoms with Crippen molar-refractivity contribution in [2.75, 3.05) is 6.54 Å². The topological polar surface area (TPSA) is 74.8 Å². The van der Waals surface area contributed by atoms with Gasteiger partial charge in [-0.25, -0.2) is 5.01 Å². The Morgan fingerprint density at radius 2 is 1.70 bits per heavy atom.